The summed E-state index contributed by atoms with van der Waals surface area (Å²) >= 11 is 0. The van der Waals surface area contributed by atoms with Crippen LogP contribution in [-0.2, 0) is 11.3 Å². The Morgan fingerprint density at radius 2 is 1.97 bits per heavy atom. The van der Waals surface area contributed by atoms with Crippen molar-refractivity contribution in [3.05, 3.63) is 47.3 Å². The highest BCUT2D eigenvalue weighted by Crippen LogP contribution is 2.15. The summed E-state index contributed by atoms with van der Waals surface area (Å²) in [6.45, 7) is 5.60. The largest absolute Gasteiger partial charge is 0.350 e. The molecular formula is C20H25FN6O3. The molecule has 2 aromatic rings. The summed E-state index contributed by atoms with van der Waals surface area (Å²) in [5, 5.41) is 5.28. The third kappa shape index (κ3) is 4.94. The minimum absolute atomic E-state index is 0.0980. The van der Waals surface area contributed by atoms with Crippen molar-refractivity contribution in [1.29, 1.82) is 0 Å². The summed E-state index contributed by atoms with van der Waals surface area (Å²) in [7, 11) is 1.66. The van der Waals surface area contributed by atoms with Gasteiger partial charge in [-0.1, -0.05) is 0 Å². The zero-order valence-electron chi connectivity index (χ0n) is 17.2. The minimum Gasteiger partial charge on any atom is -0.350 e. The molecule has 1 aromatic carbocycles. The molecule has 0 atom stereocenters. The number of carbonyl (C=O) groups excluding carboxylic acids is 3. The van der Waals surface area contributed by atoms with Gasteiger partial charge in [-0.25, -0.2) is 14.2 Å². The number of carbonyl (C=O) groups is 3. The molecular weight excluding hydrogens is 391 g/mol. The molecule has 30 heavy (non-hydrogen) atoms. The highest BCUT2D eigenvalue weighted by molar-refractivity contribution is 5.98. The molecule has 1 saturated heterocycles. The van der Waals surface area contributed by atoms with Crippen LogP contribution in [-0.4, -0.2) is 70.4 Å². The molecule has 1 aliphatic heterocycles. The van der Waals surface area contributed by atoms with Crippen LogP contribution in [0.3, 0.4) is 0 Å². The molecule has 0 saturated carbocycles. The van der Waals surface area contributed by atoms with Crippen LogP contribution in [0.2, 0.25) is 0 Å². The van der Waals surface area contributed by atoms with Crippen LogP contribution in [0.15, 0.2) is 24.5 Å². The van der Waals surface area contributed by atoms with Gasteiger partial charge < -0.3 is 25.0 Å². The van der Waals surface area contributed by atoms with Gasteiger partial charge in [0.05, 0.1) is 12.0 Å². The lowest BCUT2D eigenvalue weighted by molar-refractivity contribution is -0.116. The van der Waals surface area contributed by atoms with E-state index >= 15 is 0 Å². The number of nitrogens with one attached hydrogen (secondary N) is 2. The van der Waals surface area contributed by atoms with E-state index < -0.39 is 17.6 Å². The van der Waals surface area contributed by atoms with E-state index in [9.17, 15) is 18.8 Å². The summed E-state index contributed by atoms with van der Waals surface area (Å²) in [6.07, 6.45) is 1.70. The molecule has 3 rings (SSSR count). The van der Waals surface area contributed by atoms with Gasteiger partial charge in [-0.2, -0.15) is 0 Å². The quantitative estimate of drug-likeness (QED) is 0.712. The predicted octanol–water partition coefficient (Wildman–Crippen LogP) is 1.37. The summed E-state index contributed by atoms with van der Waals surface area (Å²) in [5.74, 6) is -1.55. The van der Waals surface area contributed by atoms with Crippen LogP contribution in [0, 0.1) is 19.7 Å². The molecule has 1 aliphatic rings. The van der Waals surface area contributed by atoms with E-state index in [2.05, 4.69) is 15.6 Å². The fourth-order valence-corrected chi connectivity index (χ4v) is 3.18. The van der Waals surface area contributed by atoms with Crippen LogP contribution < -0.4 is 10.6 Å². The second-order valence-corrected chi connectivity index (χ2v) is 7.27. The fourth-order valence-electron chi connectivity index (χ4n) is 3.18. The standard InChI is InChI=1S/C20H25FN6O3/c1-13-14(2)27(12-23-13)5-4-22-19(29)15-8-16(21)10-17(9-15)24-18(28)11-26-7-6-25(3)20(26)30/h8-10,12H,4-7,11H2,1-3H3,(H,22,29)(H,24,28). The van der Waals surface area contributed by atoms with Gasteiger partial charge in [-0.05, 0) is 32.0 Å². The van der Waals surface area contributed by atoms with Crippen LogP contribution in [0.1, 0.15) is 21.7 Å². The van der Waals surface area contributed by atoms with E-state index in [1.165, 1.54) is 15.9 Å². The van der Waals surface area contributed by atoms with E-state index in [0.29, 0.717) is 26.2 Å². The number of likely N-dealkylation sites (N-methyl/N-ethyl adjacent to an activating group) is 1. The van der Waals surface area contributed by atoms with Crippen LogP contribution in [0.25, 0.3) is 0 Å². The number of hydrogen-bond donors (Lipinski definition) is 2. The van der Waals surface area contributed by atoms with Crippen molar-refractivity contribution in [3.63, 3.8) is 0 Å². The van der Waals surface area contributed by atoms with Gasteiger partial charge in [-0.15, -0.1) is 0 Å². The number of halogens is 1. The predicted molar refractivity (Wildman–Crippen MR) is 109 cm³/mol. The van der Waals surface area contributed by atoms with E-state index in [-0.39, 0.29) is 23.8 Å². The molecule has 0 unspecified atom stereocenters. The summed E-state index contributed by atoms with van der Waals surface area (Å²) in [6, 6.07) is 3.41. The topological polar surface area (TPSA) is 99.6 Å². The third-order valence-electron chi connectivity index (χ3n) is 5.06. The van der Waals surface area contributed by atoms with Gasteiger partial charge in [0.25, 0.3) is 5.91 Å². The lowest BCUT2D eigenvalue weighted by Gasteiger charge is -2.16. The second-order valence-electron chi connectivity index (χ2n) is 7.27. The summed E-state index contributed by atoms with van der Waals surface area (Å²) < 4.78 is 15.9. The third-order valence-corrected chi connectivity index (χ3v) is 5.06. The zero-order valence-corrected chi connectivity index (χ0v) is 17.2. The first kappa shape index (κ1) is 21.3. The Morgan fingerprint density at radius 3 is 2.60 bits per heavy atom. The first-order valence-electron chi connectivity index (χ1n) is 9.61. The molecule has 160 valence electrons. The molecule has 0 aliphatic carbocycles. The maximum absolute atomic E-state index is 14.0. The number of aryl methyl sites for hydroxylation is 1. The zero-order chi connectivity index (χ0) is 21.8. The average Bonchev–Trinajstić information content (AvgIpc) is 3.17. The normalized spacial score (nSPS) is 13.7. The molecule has 10 heteroatoms. The van der Waals surface area contributed by atoms with E-state index in [1.54, 1.807) is 13.4 Å². The van der Waals surface area contributed by atoms with Gasteiger partial charge in [0.2, 0.25) is 5.91 Å². The van der Waals surface area contributed by atoms with Crippen molar-refractivity contribution >= 4 is 23.5 Å². The maximum Gasteiger partial charge on any atom is 0.320 e. The number of amides is 4. The van der Waals surface area contributed by atoms with Gasteiger partial charge in [0.15, 0.2) is 0 Å². The molecule has 0 spiro atoms. The lowest BCUT2D eigenvalue weighted by Crippen LogP contribution is -2.36. The number of urea groups is 1. The number of rotatable bonds is 7. The van der Waals surface area contributed by atoms with Gasteiger partial charge >= 0.3 is 6.03 Å². The Hall–Kier alpha value is -3.43. The number of nitrogens with zero attached hydrogens (tertiary/aromatic N) is 4. The Morgan fingerprint density at radius 1 is 1.20 bits per heavy atom. The molecule has 1 fully saturated rings. The van der Waals surface area contributed by atoms with E-state index in [4.69, 9.17) is 0 Å². The number of anilines is 1. The first-order chi connectivity index (χ1) is 14.2. The molecule has 0 bridgehead atoms. The van der Waals surface area contributed by atoms with Crippen LogP contribution >= 0.6 is 0 Å². The van der Waals surface area contributed by atoms with Crippen LogP contribution in [0.5, 0.6) is 0 Å². The van der Waals surface area contributed by atoms with Crippen molar-refractivity contribution < 1.29 is 18.8 Å². The molecule has 2 heterocycles. The number of imidazole rings is 1. The molecule has 0 radical (unpaired) electrons. The summed E-state index contributed by atoms with van der Waals surface area (Å²) in [5.41, 5.74) is 2.20. The maximum atomic E-state index is 14.0. The van der Waals surface area contributed by atoms with Crippen molar-refractivity contribution in [1.82, 2.24) is 24.7 Å². The van der Waals surface area contributed by atoms with Crippen LogP contribution in [0.4, 0.5) is 14.9 Å². The highest BCUT2D eigenvalue weighted by Gasteiger charge is 2.26. The highest BCUT2D eigenvalue weighted by atomic mass is 19.1. The SMILES string of the molecule is Cc1ncn(CCNC(=O)c2cc(F)cc(NC(=O)CN3CCN(C)C3=O)c2)c1C. The Kier molecular flexibility index (Phi) is 6.34. The van der Waals surface area contributed by atoms with Crippen molar-refractivity contribution in [2.24, 2.45) is 0 Å². The van der Waals surface area contributed by atoms with Crippen molar-refractivity contribution in [2.75, 3.05) is 38.5 Å². The fraction of sp³-hybridized carbons (Fsp3) is 0.400. The number of aromatic nitrogens is 2. The number of benzene rings is 1. The van der Waals surface area contributed by atoms with Gasteiger partial charge in [-0.3, -0.25) is 9.59 Å². The Balaban J connectivity index is 1.57. The molecule has 2 N–H and O–H groups in total. The first-order valence-corrected chi connectivity index (χ1v) is 9.61. The average molecular weight is 416 g/mol. The Labute approximate surface area is 173 Å². The summed E-state index contributed by atoms with van der Waals surface area (Å²) in [4.78, 5) is 43.6. The minimum atomic E-state index is -0.643. The number of hydrogen-bond acceptors (Lipinski definition) is 4. The molecule has 1 aromatic heterocycles. The Bertz CT molecular complexity index is 973. The van der Waals surface area contributed by atoms with E-state index in [1.807, 2.05) is 18.4 Å². The molecule has 9 nitrogen and oxygen atoms in total. The monoisotopic (exact) mass is 416 g/mol. The smallest absolute Gasteiger partial charge is 0.320 e. The van der Waals surface area contributed by atoms with Gasteiger partial charge in [0.1, 0.15) is 12.4 Å². The molecule has 4 amide bonds. The van der Waals surface area contributed by atoms with E-state index in [0.717, 1.165) is 23.5 Å². The lowest BCUT2D eigenvalue weighted by atomic mass is 10.1. The van der Waals surface area contributed by atoms with Crippen molar-refractivity contribution in [2.45, 2.75) is 20.4 Å². The van der Waals surface area contributed by atoms with Gasteiger partial charge in [0, 0.05) is 50.2 Å². The van der Waals surface area contributed by atoms with Crippen molar-refractivity contribution in [3.8, 4) is 0 Å². The second kappa shape index (κ2) is 8.93.